The van der Waals surface area contributed by atoms with E-state index in [1.807, 2.05) is 0 Å². The number of ether oxygens (including phenoxy) is 1. The van der Waals surface area contributed by atoms with E-state index in [4.69, 9.17) is 16.3 Å². The van der Waals surface area contributed by atoms with Gasteiger partial charge >= 0.3 is 0 Å². The fraction of sp³-hybridized carbons (Fsp3) is 0.381. The Kier molecular flexibility index (Phi) is 7.69. The summed E-state index contributed by atoms with van der Waals surface area (Å²) in [7, 11) is -4.95. The third kappa shape index (κ3) is 5.49. The Bertz CT molecular complexity index is 1260. The van der Waals surface area contributed by atoms with Crippen LogP contribution in [0.4, 0.5) is 5.69 Å². The van der Waals surface area contributed by atoms with E-state index in [2.05, 4.69) is 10.0 Å². The summed E-state index contributed by atoms with van der Waals surface area (Å²) in [5, 5.41) is 3.02. The maximum Gasteiger partial charge on any atom is 0.246 e. The van der Waals surface area contributed by atoms with Gasteiger partial charge in [0, 0.05) is 23.8 Å². The number of aryl methyl sites for hydroxylation is 1. The largest absolute Gasteiger partial charge is 0.495 e. The van der Waals surface area contributed by atoms with Gasteiger partial charge in [-0.1, -0.05) is 17.7 Å². The average molecular weight is 516 g/mol. The first kappa shape index (κ1) is 25.4. The van der Waals surface area contributed by atoms with Crippen LogP contribution < -0.4 is 14.8 Å². The fourth-order valence-corrected chi connectivity index (χ4v) is 6.32. The number of piperidine rings is 1. The van der Waals surface area contributed by atoms with Crippen molar-refractivity contribution in [1.82, 2.24) is 9.03 Å². The predicted molar refractivity (Wildman–Crippen MR) is 126 cm³/mol. The van der Waals surface area contributed by atoms with Crippen molar-refractivity contribution in [1.29, 1.82) is 0 Å². The molecule has 0 bridgehead atoms. The first-order chi connectivity index (χ1) is 15.5. The molecular weight excluding hydrogens is 490 g/mol. The number of nitrogens with one attached hydrogen (secondary N) is 2. The number of halogens is 1. The minimum atomic E-state index is -3.95. The van der Waals surface area contributed by atoms with Crippen LogP contribution in [0.15, 0.2) is 46.2 Å². The third-order valence-electron chi connectivity index (χ3n) is 5.54. The van der Waals surface area contributed by atoms with Crippen molar-refractivity contribution in [3.63, 3.8) is 0 Å². The average Bonchev–Trinajstić information content (AvgIpc) is 2.80. The van der Waals surface area contributed by atoms with Crippen molar-refractivity contribution in [3.05, 3.63) is 47.0 Å². The minimum absolute atomic E-state index is 0.0165. The Labute approximate surface area is 199 Å². The van der Waals surface area contributed by atoms with Gasteiger partial charge in [-0.15, -0.1) is 0 Å². The van der Waals surface area contributed by atoms with Gasteiger partial charge in [0.2, 0.25) is 26.0 Å². The van der Waals surface area contributed by atoms with Gasteiger partial charge < -0.3 is 10.1 Å². The Balaban J connectivity index is 1.82. The Morgan fingerprint density at radius 2 is 1.88 bits per heavy atom. The summed E-state index contributed by atoms with van der Waals surface area (Å²) in [6.45, 7) is 1.99. The zero-order valence-corrected chi connectivity index (χ0v) is 20.8. The molecule has 2 aromatic rings. The molecule has 1 fully saturated rings. The SMILES string of the molecule is CNS(=O)(=O)c1ccc(C)c(NC(=O)[C@H]2CCCN(S(=O)(=O)c3cc(Cl)ccc3OC)C2)c1. The molecule has 1 atom stereocenters. The number of hydrogen-bond donors (Lipinski definition) is 2. The molecule has 0 saturated carbocycles. The summed E-state index contributed by atoms with van der Waals surface area (Å²) < 4.78 is 59.4. The van der Waals surface area contributed by atoms with Gasteiger partial charge in [-0.3, -0.25) is 4.79 Å². The van der Waals surface area contributed by atoms with E-state index in [0.29, 0.717) is 24.1 Å². The van der Waals surface area contributed by atoms with E-state index in [0.717, 1.165) is 0 Å². The van der Waals surface area contributed by atoms with Crippen molar-refractivity contribution < 1.29 is 26.4 Å². The highest BCUT2D eigenvalue weighted by atomic mass is 35.5. The van der Waals surface area contributed by atoms with Crippen LogP contribution in [0, 0.1) is 12.8 Å². The number of sulfonamides is 2. The summed E-state index contributed by atoms with van der Waals surface area (Å²) in [6.07, 6.45) is 0.992. The number of carbonyl (C=O) groups is 1. The normalized spacial score (nSPS) is 17.5. The molecule has 2 N–H and O–H groups in total. The van der Waals surface area contributed by atoms with Gasteiger partial charge in [0.15, 0.2) is 0 Å². The second kappa shape index (κ2) is 9.98. The molecule has 2 aromatic carbocycles. The minimum Gasteiger partial charge on any atom is -0.495 e. The molecule has 0 radical (unpaired) electrons. The van der Waals surface area contributed by atoms with Crippen LogP contribution >= 0.6 is 11.6 Å². The molecule has 9 nitrogen and oxygen atoms in total. The molecule has 0 spiro atoms. The van der Waals surface area contributed by atoms with Crippen molar-refractivity contribution in [2.24, 2.45) is 5.92 Å². The lowest BCUT2D eigenvalue weighted by atomic mass is 9.98. The van der Waals surface area contributed by atoms with E-state index in [9.17, 15) is 21.6 Å². The van der Waals surface area contributed by atoms with E-state index in [1.165, 1.54) is 48.8 Å². The topological polar surface area (TPSA) is 122 Å². The smallest absolute Gasteiger partial charge is 0.246 e. The number of rotatable bonds is 7. The molecule has 1 amide bonds. The van der Waals surface area contributed by atoms with Crippen LogP contribution in [-0.2, 0) is 24.8 Å². The second-order valence-corrected chi connectivity index (χ2v) is 11.9. The quantitative estimate of drug-likeness (QED) is 0.584. The summed E-state index contributed by atoms with van der Waals surface area (Å²) in [4.78, 5) is 13.0. The van der Waals surface area contributed by atoms with Gasteiger partial charge in [0.05, 0.1) is 17.9 Å². The number of amides is 1. The molecule has 33 heavy (non-hydrogen) atoms. The summed E-state index contributed by atoms with van der Waals surface area (Å²) >= 11 is 6.01. The molecule has 1 aliphatic rings. The molecule has 1 heterocycles. The van der Waals surface area contributed by atoms with Crippen LogP contribution in [0.2, 0.25) is 5.02 Å². The molecule has 1 aliphatic heterocycles. The maximum absolute atomic E-state index is 13.3. The second-order valence-electron chi connectivity index (χ2n) is 7.67. The number of anilines is 1. The van der Waals surface area contributed by atoms with Crippen LogP contribution in [0.1, 0.15) is 18.4 Å². The first-order valence-corrected chi connectivity index (χ1v) is 13.5. The lowest BCUT2D eigenvalue weighted by molar-refractivity contribution is -0.120. The standard InChI is InChI=1S/C21H26ClN3O6S2/c1-14-6-8-17(32(27,28)23-2)12-18(14)24-21(26)15-5-4-10-25(13-15)33(29,30)20-11-16(22)7-9-19(20)31-3/h6-9,11-12,15,23H,4-5,10,13H2,1-3H3,(H,24,26)/t15-/m0/s1. The predicted octanol–water partition coefficient (Wildman–Crippen LogP) is 2.60. The van der Waals surface area contributed by atoms with Crippen molar-refractivity contribution in [3.8, 4) is 5.75 Å². The fourth-order valence-electron chi connectivity index (χ4n) is 3.62. The first-order valence-electron chi connectivity index (χ1n) is 10.2. The number of benzene rings is 2. The molecule has 0 aliphatic carbocycles. The number of hydrogen-bond acceptors (Lipinski definition) is 6. The molecule has 1 saturated heterocycles. The third-order valence-corrected chi connectivity index (χ3v) is 9.08. The molecule has 0 aromatic heterocycles. The van der Waals surface area contributed by atoms with Crippen LogP contribution in [0.25, 0.3) is 0 Å². The molecular formula is C21H26ClN3O6S2. The Morgan fingerprint density at radius 1 is 1.15 bits per heavy atom. The van der Waals surface area contributed by atoms with Gasteiger partial charge in [-0.05, 0) is 62.7 Å². The van der Waals surface area contributed by atoms with E-state index in [-0.39, 0.29) is 39.6 Å². The zero-order chi connectivity index (χ0) is 24.4. The molecule has 180 valence electrons. The lowest BCUT2D eigenvalue weighted by Gasteiger charge is -2.31. The highest BCUT2D eigenvalue weighted by molar-refractivity contribution is 7.89. The maximum atomic E-state index is 13.3. The molecule has 0 unspecified atom stereocenters. The van der Waals surface area contributed by atoms with Crippen molar-refractivity contribution in [2.45, 2.75) is 29.6 Å². The van der Waals surface area contributed by atoms with E-state index in [1.54, 1.807) is 13.0 Å². The van der Waals surface area contributed by atoms with Crippen molar-refractivity contribution >= 4 is 43.2 Å². The number of nitrogens with zero attached hydrogens (tertiary/aromatic N) is 1. The monoisotopic (exact) mass is 515 g/mol. The van der Waals surface area contributed by atoms with Crippen LogP contribution in [-0.4, -0.2) is 54.3 Å². The summed E-state index contributed by atoms with van der Waals surface area (Å²) in [6, 6.07) is 8.78. The van der Waals surface area contributed by atoms with Gasteiger partial charge in [0.1, 0.15) is 10.6 Å². The molecule has 3 rings (SSSR count). The Morgan fingerprint density at radius 3 is 2.55 bits per heavy atom. The highest BCUT2D eigenvalue weighted by Gasteiger charge is 2.35. The van der Waals surface area contributed by atoms with Crippen molar-refractivity contribution in [2.75, 3.05) is 32.6 Å². The van der Waals surface area contributed by atoms with Gasteiger partial charge in [-0.2, -0.15) is 4.31 Å². The van der Waals surface area contributed by atoms with Crippen LogP contribution in [0.5, 0.6) is 5.75 Å². The highest BCUT2D eigenvalue weighted by Crippen LogP contribution is 2.32. The Hall–Kier alpha value is -2.18. The van der Waals surface area contributed by atoms with Gasteiger partial charge in [-0.25, -0.2) is 21.6 Å². The van der Waals surface area contributed by atoms with E-state index >= 15 is 0 Å². The van der Waals surface area contributed by atoms with Crippen LogP contribution in [0.3, 0.4) is 0 Å². The van der Waals surface area contributed by atoms with E-state index < -0.39 is 26.0 Å². The molecule has 12 heteroatoms. The lowest BCUT2D eigenvalue weighted by Crippen LogP contribution is -2.43. The zero-order valence-electron chi connectivity index (χ0n) is 18.5. The van der Waals surface area contributed by atoms with Gasteiger partial charge in [0.25, 0.3) is 0 Å². The number of methoxy groups -OCH3 is 1. The number of carbonyl (C=O) groups excluding carboxylic acids is 1. The summed E-state index contributed by atoms with van der Waals surface area (Å²) in [5.74, 6) is -0.818. The summed E-state index contributed by atoms with van der Waals surface area (Å²) in [5.41, 5.74) is 1.04.